The van der Waals surface area contributed by atoms with Crippen molar-refractivity contribution in [1.29, 1.82) is 0 Å². The quantitative estimate of drug-likeness (QED) is 0.690. The van der Waals surface area contributed by atoms with Crippen LogP contribution in [0.5, 0.6) is 0 Å². The Balaban J connectivity index is 1.58. The standard InChI is InChI=1S/C23H27N3O2/c1-5-15-6-7-20-18(10-15)21(27)17(14-28-20)13-26-9-8-19-16(12-26)11-24-22(25-19)23(2,3)4/h6-7,10-11,14H,5,8-9,12-13H2,1-4H3. The number of hydrogen-bond acceptors (Lipinski definition) is 5. The van der Waals surface area contributed by atoms with E-state index in [0.717, 1.165) is 48.6 Å². The predicted molar refractivity (Wildman–Crippen MR) is 110 cm³/mol. The van der Waals surface area contributed by atoms with Crippen LogP contribution in [0, 0.1) is 0 Å². The highest BCUT2D eigenvalue weighted by atomic mass is 16.3. The lowest BCUT2D eigenvalue weighted by Crippen LogP contribution is -2.33. The first-order valence-corrected chi connectivity index (χ1v) is 9.96. The van der Waals surface area contributed by atoms with Crippen molar-refractivity contribution >= 4 is 11.0 Å². The summed E-state index contributed by atoms with van der Waals surface area (Å²) in [5.41, 5.74) is 4.81. The first kappa shape index (κ1) is 18.8. The Kier molecular flexibility index (Phi) is 4.79. The average Bonchev–Trinajstić information content (AvgIpc) is 2.68. The maximum Gasteiger partial charge on any atom is 0.197 e. The zero-order valence-corrected chi connectivity index (χ0v) is 17.1. The molecule has 0 unspecified atom stereocenters. The number of rotatable bonds is 3. The van der Waals surface area contributed by atoms with Crippen LogP contribution in [0.15, 0.2) is 39.9 Å². The highest BCUT2D eigenvalue weighted by molar-refractivity contribution is 5.77. The van der Waals surface area contributed by atoms with Crippen molar-refractivity contribution in [1.82, 2.24) is 14.9 Å². The number of hydrogen-bond donors (Lipinski definition) is 0. The van der Waals surface area contributed by atoms with Crippen molar-refractivity contribution in [2.24, 2.45) is 0 Å². The minimum absolute atomic E-state index is 0.0481. The molecule has 5 nitrogen and oxygen atoms in total. The van der Waals surface area contributed by atoms with Crippen LogP contribution in [-0.4, -0.2) is 21.4 Å². The van der Waals surface area contributed by atoms with Crippen LogP contribution in [0.3, 0.4) is 0 Å². The smallest absolute Gasteiger partial charge is 0.197 e. The van der Waals surface area contributed by atoms with Gasteiger partial charge in [-0.25, -0.2) is 9.97 Å². The lowest BCUT2D eigenvalue weighted by Gasteiger charge is -2.28. The molecule has 146 valence electrons. The molecular formula is C23H27N3O2. The Bertz CT molecular complexity index is 1080. The van der Waals surface area contributed by atoms with Crippen molar-refractivity contribution in [2.75, 3.05) is 6.54 Å². The Morgan fingerprint density at radius 3 is 2.82 bits per heavy atom. The molecule has 1 aromatic carbocycles. The van der Waals surface area contributed by atoms with Gasteiger partial charge in [0.05, 0.1) is 11.6 Å². The van der Waals surface area contributed by atoms with Gasteiger partial charge in [-0.2, -0.15) is 0 Å². The molecule has 0 amide bonds. The van der Waals surface area contributed by atoms with Gasteiger partial charge in [0.2, 0.25) is 0 Å². The van der Waals surface area contributed by atoms with E-state index in [1.165, 1.54) is 0 Å². The lowest BCUT2D eigenvalue weighted by atomic mass is 9.95. The molecule has 0 saturated carbocycles. The molecule has 0 bridgehead atoms. The van der Waals surface area contributed by atoms with Crippen molar-refractivity contribution in [3.05, 3.63) is 69.1 Å². The Labute approximate surface area is 165 Å². The van der Waals surface area contributed by atoms with Crippen molar-refractivity contribution in [3.63, 3.8) is 0 Å². The van der Waals surface area contributed by atoms with Crippen molar-refractivity contribution < 1.29 is 4.42 Å². The van der Waals surface area contributed by atoms with Gasteiger partial charge in [-0.15, -0.1) is 0 Å². The molecule has 2 aromatic heterocycles. The summed E-state index contributed by atoms with van der Waals surface area (Å²) in [7, 11) is 0. The number of benzene rings is 1. The van der Waals surface area contributed by atoms with E-state index in [1.54, 1.807) is 6.26 Å². The average molecular weight is 377 g/mol. The van der Waals surface area contributed by atoms with Gasteiger partial charge < -0.3 is 4.42 Å². The summed E-state index contributed by atoms with van der Waals surface area (Å²) in [6.07, 6.45) is 5.34. The van der Waals surface area contributed by atoms with E-state index in [1.807, 2.05) is 24.4 Å². The van der Waals surface area contributed by atoms with E-state index in [9.17, 15) is 4.79 Å². The summed E-state index contributed by atoms with van der Waals surface area (Å²) in [5.74, 6) is 0.890. The largest absolute Gasteiger partial charge is 0.464 e. The Morgan fingerprint density at radius 1 is 1.25 bits per heavy atom. The third-order valence-electron chi connectivity index (χ3n) is 5.39. The summed E-state index contributed by atoms with van der Waals surface area (Å²) in [6, 6.07) is 5.86. The van der Waals surface area contributed by atoms with Gasteiger partial charge in [-0.05, 0) is 24.1 Å². The first-order valence-electron chi connectivity index (χ1n) is 9.96. The topological polar surface area (TPSA) is 59.2 Å². The van der Waals surface area contributed by atoms with Crippen LogP contribution in [0.2, 0.25) is 0 Å². The third kappa shape index (κ3) is 3.59. The molecule has 0 atom stereocenters. The molecule has 1 aliphatic heterocycles. The zero-order valence-electron chi connectivity index (χ0n) is 17.1. The summed E-state index contributed by atoms with van der Waals surface area (Å²) < 4.78 is 5.74. The minimum Gasteiger partial charge on any atom is -0.464 e. The number of nitrogens with zero attached hydrogens (tertiary/aromatic N) is 3. The fourth-order valence-corrected chi connectivity index (χ4v) is 3.66. The van der Waals surface area contributed by atoms with Crippen LogP contribution in [0.1, 0.15) is 55.9 Å². The lowest BCUT2D eigenvalue weighted by molar-refractivity contribution is 0.240. The fraction of sp³-hybridized carbons (Fsp3) is 0.435. The Hall–Kier alpha value is -2.53. The van der Waals surface area contributed by atoms with E-state index in [4.69, 9.17) is 9.40 Å². The zero-order chi connectivity index (χ0) is 19.9. The van der Waals surface area contributed by atoms with Gasteiger partial charge in [0.25, 0.3) is 0 Å². The maximum absolute atomic E-state index is 13.0. The van der Waals surface area contributed by atoms with Crippen LogP contribution >= 0.6 is 0 Å². The molecule has 0 aliphatic carbocycles. The SMILES string of the molecule is CCc1ccc2occ(CN3CCc4nc(C(C)(C)C)ncc4C3)c(=O)c2c1. The van der Waals surface area contributed by atoms with Crippen LogP contribution < -0.4 is 5.43 Å². The molecule has 28 heavy (non-hydrogen) atoms. The third-order valence-corrected chi connectivity index (χ3v) is 5.39. The normalized spacial score (nSPS) is 15.0. The van der Waals surface area contributed by atoms with Gasteiger partial charge in [-0.3, -0.25) is 9.69 Å². The highest BCUT2D eigenvalue weighted by Gasteiger charge is 2.23. The van der Waals surface area contributed by atoms with Gasteiger partial charge in [-0.1, -0.05) is 33.8 Å². The summed E-state index contributed by atoms with van der Waals surface area (Å²) in [5, 5.41) is 0.674. The highest BCUT2D eigenvalue weighted by Crippen LogP contribution is 2.23. The molecule has 3 aromatic rings. The van der Waals surface area contributed by atoms with Crippen LogP contribution in [0.4, 0.5) is 0 Å². The molecule has 0 fully saturated rings. The molecule has 0 radical (unpaired) electrons. The van der Waals surface area contributed by atoms with E-state index >= 15 is 0 Å². The molecule has 5 heteroatoms. The van der Waals surface area contributed by atoms with Gasteiger partial charge in [0.1, 0.15) is 11.4 Å². The molecule has 4 rings (SSSR count). The summed E-state index contributed by atoms with van der Waals surface area (Å²) in [6.45, 7) is 10.7. The first-order chi connectivity index (χ1) is 13.3. The van der Waals surface area contributed by atoms with Gasteiger partial charge in [0, 0.05) is 54.5 Å². The van der Waals surface area contributed by atoms with Gasteiger partial charge >= 0.3 is 0 Å². The number of aryl methyl sites for hydroxylation is 1. The van der Waals surface area contributed by atoms with Gasteiger partial charge in [0.15, 0.2) is 5.43 Å². The van der Waals surface area contributed by atoms with E-state index < -0.39 is 0 Å². The second-order valence-electron chi connectivity index (χ2n) is 8.65. The minimum atomic E-state index is -0.0481. The number of fused-ring (bicyclic) bond motifs is 2. The molecule has 0 saturated heterocycles. The van der Waals surface area contributed by atoms with E-state index in [2.05, 4.69) is 37.6 Å². The second kappa shape index (κ2) is 7.13. The molecule has 1 aliphatic rings. The molecule has 0 N–H and O–H groups in total. The molecule has 3 heterocycles. The van der Waals surface area contributed by atoms with E-state index in [-0.39, 0.29) is 10.8 Å². The van der Waals surface area contributed by atoms with Crippen LogP contribution in [-0.2, 0) is 31.3 Å². The van der Waals surface area contributed by atoms with Crippen LogP contribution in [0.25, 0.3) is 11.0 Å². The number of aromatic nitrogens is 2. The van der Waals surface area contributed by atoms with E-state index in [0.29, 0.717) is 23.1 Å². The Morgan fingerprint density at radius 2 is 2.07 bits per heavy atom. The summed E-state index contributed by atoms with van der Waals surface area (Å²) in [4.78, 5) is 24.6. The molecule has 0 spiro atoms. The van der Waals surface area contributed by atoms with Crippen molar-refractivity contribution in [2.45, 2.75) is 59.0 Å². The maximum atomic E-state index is 13.0. The summed E-state index contributed by atoms with van der Waals surface area (Å²) >= 11 is 0. The second-order valence-corrected chi connectivity index (χ2v) is 8.65. The molecular weight excluding hydrogens is 350 g/mol. The monoisotopic (exact) mass is 377 g/mol. The van der Waals surface area contributed by atoms with Crippen molar-refractivity contribution in [3.8, 4) is 0 Å². The predicted octanol–water partition coefficient (Wildman–Crippen LogP) is 4.00. The fourth-order valence-electron chi connectivity index (χ4n) is 3.66.